The highest BCUT2D eigenvalue weighted by molar-refractivity contribution is 6.35. The quantitative estimate of drug-likeness (QED) is 0.737. The van der Waals surface area contributed by atoms with E-state index < -0.39 is 0 Å². The van der Waals surface area contributed by atoms with Gasteiger partial charge in [0, 0.05) is 0 Å². The van der Waals surface area contributed by atoms with Crippen molar-refractivity contribution in [1.82, 2.24) is 9.55 Å². The molecule has 0 aliphatic rings. The second kappa shape index (κ2) is 4.30. The number of hydrogen-bond donors (Lipinski definition) is 1. The van der Waals surface area contributed by atoms with Gasteiger partial charge in [-0.05, 0) is 24.3 Å². The Balaban J connectivity index is 2.41. The number of nitrogens with two attached hydrogens (primary N) is 1. The number of imidazole rings is 1. The highest BCUT2D eigenvalue weighted by Crippen LogP contribution is 2.29. The van der Waals surface area contributed by atoms with Gasteiger partial charge in [0.1, 0.15) is 11.6 Å². The normalized spacial score (nSPS) is 10.5. The molecule has 0 saturated carbocycles. The molecule has 2 N–H and O–H groups in total. The molecule has 0 unspecified atom stereocenters. The van der Waals surface area contributed by atoms with E-state index in [0.717, 1.165) is 5.52 Å². The van der Waals surface area contributed by atoms with Crippen molar-refractivity contribution >= 4 is 28.6 Å². The number of benzene rings is 2. The van der Waals surface area contributed by atoms with Crippen LogP contribution in [0, 0.1) is 11.3 Å². The number of nitrogen functional groups attached to an aromatic ring is 1. The van der Waals surface area contributed by atoms with Crippen molar-refractivity contribution in [1.29, 1.82) is 5.26 Å². The van der Waals surface area contributed by atoms with Gasteiger partial charge in [-0.1, -0.05) is 29.8 Å². The fourth-order valence-electron chi connectivity index (χ4n) is 2.10. The van der Waals surface area contributed by atoms with Crippen LogP contribution < -0.4 is 5.73 Å². The molecular formula is C14H9ClN4. The van der Waals surface area contributed by atoms with E-state index in [1.807, 2.05) is 30.3 Å². The summed E-state index contributed by atoms with van der Waals surface area (Å²) in [7, 11) is 0. The molecule has 0 bridgehead atoms. The smallest absolute Gasteiger partial charge is 0.206 e. The Bertz CT molecular complexity index is 814. The second-order valence-corrected chi connectivity index (χ2v) is 4.45. The van der Waals surface area contributed by atoms with E-state index >= 15 is 0 Å². The van der Waals surface area contributed by atoms with Crippen LogP contribution in [-0.4, -0.2) is 9.55 Å². The average molecular weight is 269 g/mol. The maximum atomic E-state index is 9.18. The van der Waals surface area contributed by atoms with Crippen molar-refractivity contribution < 1.29 is 0 Å². The predicted molar refractivity (Wildman–Crippen MR) is 75.2 cm³/mol. The topological polar surface area (TPSA) is 67.6 Å². The Morgan fingerprint density at radius 2 is 1.95 bits per heavy atom. The van der Waals surface area contributed by atoms with Crippen molar-refractivity contribution in [3.05, 3.63) is 53.1 Å². The van der Waals surface area contributed by atoms with Gasteiger partial charge in [0.25, 0.3) is 0 Å². The van der Waals surface area contributed by atoms with Crippen LogP contribution in [0.1, 0.15) is 5.56 Å². The van der Waals surface area contributed by atoms with Crippen LogP contribution >= 0.6 is 11.6 Å². The number of fused-ring (bicyclic) bond motifs is 1. The van der Waals surface area contributed by atoms with Crippen LogP contribution in [0.2, 0.25) is 5.02 Å². The zero-order chi connectivity index (χ0) is 13.4. The molecule has 5 heteroatoms. The lowest BCUT2D eigenvalue weighted by Gasteiger charge is -2.08. The number of nitrogens with zero attached hydrogens (tertiary/aromatic N) is 3. The van der Waals surface area contributed by atoms with E-state index in [1.165, 1.54) is 0 Å². The molecule has 3 aromatic rings. The van der Waals surface area contributed by atoms with Crippen molar-refractivity contribution in [2.24, 2.45) is 0 Å². The summed E-state index contributed by atoms with van der Waals surface area (Å²) in [6, 6.07) is 14.9. The van der Waals surface area contributed by atoms with Crippen LogP contribution in [-0.2, 0) is 0 Å². The third kappa shape index (κ3) is 1.72. The summed E-state index contributed by atoms with van der Waals surface area (Å²) in [5.74, 6) is 0.311. The molecule has 0 saturated heterocycles. The zero-order valence-electron chi connectivity index (χ0n) is 9.84. The van der Waals surface area contributed by atoms with Gasteiger partial charge in [0.2, 0.25) is 5.95 Å². The number of aromatic nitrogens is 2. The number of rotatable bonds is 1. The van der Waals surface area contributed by atoms with Gasteiger partial charge in [-0.3, -0.25) is 4.57 Å². The monoisotopic (exact) mass is 268 g/mol. The van der Waals surface area contributed by atoms with E-state index in [1.54, 1.807) is 16.7 Å². The number of anilines is 1. The third-order valence-corrected chi connectivity index (χ3v) is 3.23. The van der Waals surface area contributed by atoms with E-state index in [9.17, 15) is 5.26 Å². The molecule has 19 heavy (non-hydrogen) atoms. The van der Waals surface area contributed by atoms with E-state index in [-0.39, 0.29) is 0 Å². The van der Waals surface area contributed by atoms with Crippen LogP contribution in [0.25, 0.3) is 16.7 Å². The Labute approximate surface area is 114 Å². The first-order chi connectivity index (χ1) is 9.22. The number of hydrogen-bond acceptors (Lipinski definition) is 3. The summed E-state index contributed by atoms with van der Waals surface area (Å²) < 4.78 is 1.74. The first-order valence-corrected chi connectivity index (χ1v) is 6.02. The minimum absolute atomic E-state index is 0.311. The molecular weight excluding hydrogens is 260 g/mol. The van der Waals surface area contributed by atoms with Crippen molar-refractivity contribution in [2.45, 2.75) is 0 Å². The molecule has 2 aromatic carbocycles. The molecule has 0 aliphatic heterocycles. The lowest BCUT2D eigenvalue weighted by Crippen LogP contribution is -2.02. The molecule has 0 radical (unpaired) electrons. The van der Waals surface area contributed by atoms with Gasteiger partial charge in [-0.2, -0.15) is 5.26 Å². The summed E-state index contributed by atoms with van der Waals surface area (Å²) in [4.78, 5) is 4.26. The first kappa shape index (κ1) is 11.6. The van der Waals surface area contributed by atoms with Crippen LogP contribution in [0.4, 0.5) is 5.95 Å². The number of nitriles is 1. The van der Waals surface area contributed by atoms with Gasteiger partial charge < -0.3 is 5.73 Å². The highest BCUT2D eigenvalue weighted by atomic mass is 35.5. The summed E-state index contributed by atoms with van der Waals surface area (Å²) in [5.41, 5.74) is 8.62. The van der Waals surface area contributed by atoms with Crippen molar-refractivity contribution in [3.8, 4) is 11.8 Å². The molecule has 3 rings (SSSR count). The molecule has 1 aromatic heterocycles. The van der Waals surface area contributed by atoms with Crippen LogP contribution in [0.3, 0.4) is 0 Å². The lowest BCUT2D eigenvalue weighted by atomic mass is 10.2. The number of para-hydroxylation sites is 2. The summed E-state index contributed by atoms with van der Waals surface area (Å²) in [6.45, 7) is 0. The SMILES string of the molecule is N#Cc1ccccc1-n1c(N)nc2c(Cl)cccc21. The molecule has 0 aliphatic carbocycles. The maximum absolute atomic E-state index is 9.18. The van der Waals surface area contributed by atoms with Crippen molar-refractivity contribution in [2.75, 3.05) is 5.73 Å². The van der Waals surface area contributed by atoms with Gasteiger partial charge >= 0.3 is 0 Å². The number of halogens is 1. The molecule has 4 nitrogen and oxygen atoms in total. The van der Waals surface area contributed by atoms with Crippen molar-refractivity contribution in [3.63, 3.8) is 0 Å². The summed E-state index contributed by atoms with van der Waals surface area (Å²) in [6.07, 6.45) is 0. The minimum Gasteiger partial charge on any atom is -0.369 e. The Kier molecular flexibility index (Phi) is 2.62. The second-order valence-electron chi connectivity index (χ2n) is 4.04. The fraction of sp³-hybridized carbons (Fsp3) is 0. The Hall–Kier alpha value is -2.51. The molecule has 0 spiro atoms. The lowest BCUT2D eigenvalue weighted by molar-refractivity contribution is 1.10. The largest absolute Gasteiger partial charge is 0.369 e. The van der Waals surface area contributed by atoms with E-state index in [0.29, 0.717) is 27.7 Å². The average Bonchev–Trinajstić information content (AvgIpc) is 2.76. The van der Waals surface area contributed by atoms with Gasteiger partial charge in [-0.25, -0.2) is 4.98 Å². The molecule has 0 fully saturated rings. The van der Waals surface area contributed by atoms with E-state index in [4.69, 9.17) is 17.3 Å². The van der Waals surface area contributed by atoms with Crippen LogP contribution in [0.15, 0.2) is 42.5 Å². The zero-order valence-corrected chi connectivity index (χ0v) is 10.6. The highest BCUT2D eigenvalue weighted by Gasteiger charge is 2.14. The van der Waals surface area contributed by atoms with Gasteiger partial charge in [0.15, 0.2) is 0 Å². The Morgan fingerprint density at radius 3 is 2.74 bits per heavy atom. The molecule has 0 atom stereocenters. The predicted octanol–water partition coefficient (Wildman–Crippen LogP) is 3.13. The van der Waals surface area contributed by atoms with Crippen LogP contribution in [0.5, 0.6) is 0 Å². The molecule has 1 heterocycles. The van der Waals surface area contributed by atoms with E-state index in [2.05, 4.69) is 11.1 Å². The minimum atomic E-state index is 0.311. The third-order valence-electron chi connectivity index (χ3n) is 2.93. The summed E-state index contributed by atoms with van der Waals surface area (Å²) in [5, 5.41) is 9.72. The standard InChI is InChI=1S/C14H9ClN4/c15-10-5-3-7-12-13(10)18-14(17)19(12)11-6-2-1-4-9(11)8-16/h1-7H,(H2,17,18). The van der Waals surface area contributed by atoms with Gasteiger partial charge in [-0.15, -0.1) is 0 Å². The molecule has 92 valence electrons. The van der Waals surface area contributed by atoms with Gasteiger partial charge in [0.05, 0.1) is 21.8 Å². The fourth-order valence-corrected chi connectivity index (χ4v) is 2.31. The molecule has 0 amide bonds. The summed E-state index contributed by atoms with van der Waals surface area (Å²) >= 11 is 6.11. The Morgan fingerprint density at radius 1 is 1.16 bits per heavy atom. The maximum Gasteiger partial charge on any atom is 0.206 e. The first-order valence-electron chi connectivity index (χ1n) is 5.64.